The van der Waals surface area contributed by atoms with E-state index in [2.05, 4.69) is 16.0 Å². The van der Waals surface area contributed by atoms with Crippen LogP contribution in [0.25, 0.3) is 0 Å². The lowest BCUT2D eigenvalue weighted by Gasteiger charge is -2.28. The summed E-state index contributed by atoms with van der Waals surface area (Å²) in [5.74, 6) is -3.20. The van der Waals surface area contributed by atoms with Gasteiger partial charge >= 0.3 is 5.97 Å². The molecular weight excluding hydrogens is 376 g/mol. The van der Waals surface area contributed by atoms with Gasteiger partial charge in [0.15, 0.2) is 0 Å². The summed E-state index contributed by atoms with van der Waals surface area (Å²) in [6, 6.07) is -3.60. The molecule has 0 radical (unpaired) electrons. The van der Waals surface area contributed by atoms with Gasteiger partial charge in [0, 0.05) is 0 Å². The quantitative estimate of drug-likeness (QED) is 0.316. The van der Waals surface area contributed by atoms with Crippen LogP contribution in [0.3, 0.4) is 0 Å². The number of carbonyl (C=O) groups excluding carboxylic acids is 3. The molecule has 0 aliphatic heterocycles. The van der Waals surface area contributed by atoms with E-state index in [4.69, 9.17) is 5.73 Å². The maximum absolute atomic E-state index is 12.7. The highest BCUT2D eigenvalue weighted by atomic mass is 16.4. The number of carboxylic acids is 1. The van der Waals surface area contributed by atoms with Crippen molar-refractivity contribution in [2.45, 2.75) is 85.5 Å². The summed E-state index contributed by atoms with van der Waals surface area (Å²) in [4.78, 5) is 48.8. The summed E-state index contributed by atoms with van der Waals surface area (Å²) in [7, 11) is 0. The Morgan fingerprint density at radius 1 is 0.759 bits per heavy atom. The molecule has 6 unspecified atom stereocenters. The number of aliphatic carboxylic acids is 1. The number of nitrogens with two attached hydrogens (primary N) is 1. The first-order valence-electron chi connectivity index (χ1n) is 10.3. The molecule has 0 aromatic heterocycles. The van der Waals surface area contributed by atoms with Crippen LogP contribution in [0.4, 0.5) is 0 Å². The second-order valence-electron chi connectivity index (χ2n) is 8.08. The fourth-order valence-electron chi connectivity index (χ4n) is 2.62. The smallest absolute Gasteiger partial charge is 0.326 e. The summed E-state index contributed by atoms with van der Waals surface area (Å²) in [6.45, 7) is 12.3. The molecule has 3 amide bonds. The fraction of sp³-hybridized carbons (Fsp3) is 0.800. The largest absolute Gasteiger partial charge is 0.480 e. The highest BCUT2D eigenvalue weighted by Crippen LogP contribution is 2.11. The Balaban J connectivity index is 5.16. The van der Waals surface area contributed by atoms with Crippen molar-refractivity contribution in [1.29, 1.82) is 0 Å². The zero-order valence-electron chi connectivity index (χ0n) is 18.6. The number of nitrogens with one attached hydrogen (secondary N) is 3. The van der Waals surface area contributed by atoms with E-state index in [0.717, 1.165) is 6.42 Å². The van der Waals surface area contributed by atoms with Crippen molar-refractivity contribution in [3.8, 4) is 0 Å². The van der Waals surface area contributed by atoms with E-state index in [-0.39, 0.29) is 17.8 Å². The van der Waals surface area contributed by atoms with Gasteiger partial charge in [0.1, 0.15) is 18.1 Å². The Hall–Kier alpha value is -2.16. The van der Waals surface area contributed by atoms with Crippen molar-refractivity contribution in [3.05, 3.63) is 0 Å². The van der Waals surface area contributed by atoms with Crippen LogP contribution < -0.4 is 21.7 Å². The third-order valence-electron chi connectivity index (χ3n) is 5.34. The molecule has 0 fully saturated rings. The van der Waals surface area contributed by atoms with E-state index in [1.165, 1.54) is 6.92 Å². The van der Waals surface area contributed by atoms with Gasteiger partial charge in [0.05, 0.1) is 6.04 Å². The van der Waals surface area contributed by atoms with Gasteiger partial charge in [-0.25, -0.2) is 4.79 Å². The zero-order chi connectivity index (χ0) is 22.9. The zero-order valence-corrected chi connectivity index (χ0v) is 18.6. The Bertz CT molecular complexity index is 581. The number of hydrogen-bond donors (Lipinski definition) is 5. The van der Waals surface area contributed by atoms with Gasteiger partial charge in [-0.15, -0.1) is 0 Å². The monoisotopic (exact) mass is 414 g/mol. The van der Waals surface area contributed by atoms with Gasteiger partial charge in [-0.3, -0.25) is 14.4 Å². The minimum atomic E-state index is -1.14. The van der Waals surface area contributed by atoms with Crippen molar-refractivity contribution in [2.24, 2.45) is 23.5 Å². The summed E-state index contributed by atoms with van der Waals surface area (Å²) >= 11 is 0. The van der Waals surface area contributed by atoms with Gasteiger partial charge < -0.3 is 26.8 Å². The summed E-state index contributed by atoms with van der Waals surface area (Å²) in [5.41, 5.74) is 5.96. The third-order valence-corrected chi connectivity index (χ3v) is 5.34. The maximum atomic E-state index is 12.7. The number of carbonyl (C=O) groups is 4. The molecule has 0 saturated carbocycles. The fourth-order valence-corrected chi connectivity index (χ4v) is 2.62. The molecule has 0 aliphatic rings. The molecule has 0 spiro atoms. The standard InChI is InChI=1S/C20H38N4O5/c1-8-11(5)14(21)18(26)24-16(12(6)9-2)19(27)22-13(7)17(25)23-15(10(3)4)20(28)29/h10-16H,8-9,21H2,1-7H3,(H,22,27)(H,23,25)(H,24,26)(H,28,29). The summed E-state index contributed by atoms with van der Waals surface area (Å²) in [5, 5.41) is 16.9. The Morgan fingerprint density at radius 3 is 1.66 bits per heavy atom. The molecule has 0 aromatic carbocycles. The second-order valence-corrected chi connectivity index (χ2v) is 8.08. The first kappa shape index (κ1) is 26.8. The molecule has 0 bridgehead atoms. The molecule has 0 aromatic rings. The van der Waals surface area contributed by atoms with Crippen molar-refractivity contribution >= 4 is 23.7 Å². The Labute approximate surface area is 173 Å². The van der Waals surface area contributed by atoms with Gasteiger partial charge in [-0.1, -0.05) is 54.4 Å². The molecule has 0 rings (SSSR count). The van der Waals surface area contributed by atoms with Crippen molar-refractivity contribution in [3.63, 3.8) is 0 Å². The lowest BCUT2D eigenvalue weighted by molar-refractivity contribution is -0.143. The molecule has 0 heterocycles. The lowest BCUT2D eigenvalue weighted by atomic mass is 9.95. The number of hydrogen-bond acceptors (Lipinski definition) is 5. The van der Waals surface area contributed by atoms with Gasteiger partial charge in [0.2, 0.25) is 17.7 Å². The molecular formula is C20H38N4O5. The normalized spacial score (nSPS) is 17.4. The molecule has 0 aliphatic carbocycles. The van der Waals surface area contributed by atoms with E-state index in [1.807, 2.05) is 27.7 Å². The van der Waals surface area contributed by atoms with E-state index >= 15 is 0 Å². The van der Waals surface area contributed by atoms with Crippen LogP contribution in [0.5, 0.6) is 0 Å². The predicted molar refractivity (Wildman–Crippen MR) is 111 cm³/mol. The van der Waals surface area contributed by atoms with E-state index in [9.17, 15) is 24.3 Å². The molecule has 9 nitrogen and oxygen atoms in total. The molecule has 6 atom stereocenters. The van der Waals surface area contributed by atoms with E-state index in [1.54, 1.807) is 13.8 Å². The second kappa shape index (κ2) is 12.4. The minimum Gasteiger partial charge on any atom is -0.480 e. The van der Waals surface area contributed by atoms with Crippen molar-refractivity contribution in [2.75, 3.05) is 0 Å². The average Bonchev–Trinajstić information content (AvgIpc) is 2.66. The first-order valence-corrected chi connectivity index (χ1v) is 10.3. The third kappa shape index (κ3) is 8.39. The van der Waals surface area contributed by atoms with Gasteiger partial charge in [0.25, 0.3) is 0 Å². The van der Waals surface area contributed by atoms with Crippen molar-refractivity contribution < 1.29 is 24.3 Å². The predicted octanol–water partition coefficient (Wildman–Crippen LogP) is 0.621. The Kier molecular flexibility index (Phi) is 11.5. The van der Waals surface area contributed by atoms with Crippen molar-refractivity contribution in [1.82, 2.24) is 16.0 Å². The van der Waals surface area contributed by atoms with Gasteiger partial charge in [-0.05, 0) is 24.7 Å². The summed E-state index contributed by atoms with van der Waals surface area (Å²) < 4.78 is 0. The van der Waals surface area contributed by atoms with Gasteiger partial charge in [-0.2, -0.15) is 0 Å². The number of rotatable bonds is 12. The minimum absolute atomic E-state index is 0.0377. The maximum Gasteiger partial charge on any atom is 0.326 e. The SMILES string of the molecule is CCC(C)C(N)C(=O)NC(C(=O)NC(C)C(=O)NC(C(=O)O)C(C)C)C(C)CC. The lowest BCUT2D eigenvalue weighted by Crippen LogP contribution is -2.58. The topological polar surface area (TPSA) is 151 Å². The highest BCUT2D eigenvalue weighted by molar-refractivity contribution is 5.94. The Morgan fingerprint density at radius 2 is 1.24 bits per heavy atom. The number of amides is 3. The first-order chi connectivity index (χ1) is 13.4. The van der Waals surface area contributed by atoms with Crippen LogP contribution in [-0.2, 0) is 19.2 Å². The van der Waals surface area contributed by atoms with Crippen LogP contribution in [0.1, 0.15) is 61.3 Å². The number of carboxylic acid groups (broad SMARTS) is 1. The molecule has 6 N–H and O–H groups in total. The molecule has 29 heavy (non-hydrogen) atoms. The molecule has 168 valence electrons. The van der Waals surface area contributed by atoms with Crippen LogP contribution in [0.2, 0.25) is 0 Å². The van der Waals surface area contributed by atoms with Crippen LogP contribution >= 0.6 is 0 Å². The molecule has 9 heteroatoms. The molecule has 0 saturated heterocycles. The van der Waals surface area contributed by atoms with Crippen LogP contribution in [0, 0.1) is 17.8 Å². The van der Waals surface area contributed by atoms with E-state index < -0.39 is 47.9 Å². The van der Waals surface area contributed by atoms with E-state index in [0.29, 0.717) is 6.42 Å². The highest BCUT2D eigenvalue weighted by Gasteiger charge is 2.32. The average molecular weight is 415 g/mol. The van der Waals surface area contributed by atoms with Crippen LogP contribution in [0.15, 0.2) is 0 Å². The van der Waals surface area contributed by atoms with Crippen LogP contribution in [-0.4, -0.2) is 53.0 Å². The summed E-state index contributed by atoms with van der Waals surface area (Å²) in [6.07, 6.45) is 1.36.